The number of nitrogens with two attached hydrogens (primary N) is 1. The minimum Gasteiger partial charge on any atom is -0.327 e. The van der Waals surface area contributed by atoms with E-state index in [1.165, 1.54) is 28.6 Å². The third kappa shape index (κ3) is 3.65. The van der Waals surface area contributed by atoms with Crippen molar-refractivity contribution in [2.75, 3.05) is 13.1 Å². The van der Waals surface area contributed by atoms with Crippen molar-refractivity contribution in [2.45, 2.75) is 47.6 Å². The lowest BCUT2D eigenvalue weighted by Gasteiger charge is -2.18. The van der Waals surface area contributed by atoms with Crippen LogP contribution in [0.5, 0.6) is 0 Å². The summed E-state index contributed by atoms with van der Waals surface area (Å²) in [6.07, 6.45) is 3.64. The minimum absolute atomic E-state index is 0. The third-order valence-corrected chi connectivity index (χ3v) is 8.93. The molecule has 1 aromatic rings. The fourth-order valence-corrected chi connectivity index (χ4v) is 6.73. The van der Waals surface area contributed by atoms with Gasteiger partial charge in [0.1, 0.15) is 0 Å². The SMILES string of the molecule is Cl.NC1CCC2CN(S(=O)(=O)c3ccc(S(=O)(=O)NC4CC4)cc3)CC12. The van der Waals surface area contributed by atoms with E-state index in [-0.39, 0.29) is 40.2 Å². The molecule has 3 atom stereocenters. The van der Waals surface area contributed by atoms with Gasteiger partial charge >= 0.3 is 0 Å². The van der Waals surface area contributed by atoms with Crippen LogP contribution in [-0.2, 0) is 20.0 Å². The number of sulfonamides is 2. The highest BCUT2D eigenvalue weighted by molar-refractivity contribution is 7.89. The van der Waals surface area contributed by atoms with Crippen LogP contribution in [0.2, 0.25) is 0 Å². The predicted octanol–water partition coefficient (Wildman–Crippen LogP) is 0.907. The van der Waals surface area contributed by atoms with Gasteiger partial charge in [-0.1, -0.05) is 0 Å². The first-order valence-electron chi connectivity index (χ1n) is 8.65. The van der Waals surface area contributed by atoms with Crippen LogP contribution in [0.3, 0.4) is 0 Å². The van der Waals surface area contributed by atoms with Crippen molar-refractivity contribution in [3.05, 3.63) is 24.3 Å². The van der Waals surface area contributed by atoms with Crippen LogP contribution in [0.15, 0.2) is 34.1 Å². The molecular formula is C16H24ClN3O4S2. The smallest absolute Gasteiger partial charge is 0.243 e. The maximum absolute atomic E-state index is 12.8. The molecular weight excluding hydrogens is 398 g/mol. The summed E-state index contributed by atoms with van der Waals surface area (Å²) in [6.45, 7) is 0.960. The van der Waals surface area contributed by atoms with E-state index in [4.69, 9.17) is 5.73 Å². The second-order valence-electron chi connectivity index (χ2n) is 7.35. The molecule has 26 heavy (non-hydrogen) atoms. The minimum atomic E-state index is -3.61. The Labute approximate surface area is 160 Å². The number of nitrogens with zero attached hydrogens (tertiary/aromatic N) is 1. The number of hydrogen-bond acceptors (Lipinski definition) is 5. The molecule has 0 radical (unpaired) electrons. The molecule has 2 aliphatic carbocycles. The molecule has 0 spiro atoms. The van der Waals surface area contributed by atoms with Crippen LogP contribution in [0.25, 0.3) is 0 Å². The number of rotatable bonds is 5. The summed E-state index contributed by atoms with van der Waals surface area (Å²) in [7, 11) is -7.19. The van der Waals surface area contributed by atoms with Crippen molar-refractivity contribution >= 4 is 32.5 Å². The summed E-state index contributed by atoms with van der Waals surface area (Å²) < 4.78 is 54.1. The standard InChI is InChI=1S/C16H23N3O4S2.ClH/c17-16-8-1-11-9-19(10-15(11)16)25(22,23)14-6-4-13(5-7-14)24(20,21)18-12-2-3-12;/h4-7,11-12,15-16,18H,1-3,8-10,17H2;1H. The molecule has 3 fully saturated rings. The summed E-state index contributed by atoms with van der Waals surface area (Å²) in [4.78, 5) is 0.227. The molecule has 0 bridgehead atoms. The molecule has 10 heteroatoms. The largest absolute Gasteiger partial charge is 0.327 e. The first-order chi connectivity index (χ1) is 11.8. The van der Waals surface area contributed by atoms with Crippen molar-refractivity contribution in [3.8, 4) is 0 Å². The summed E-state index contributed by atoms with van der Waals surface area (Å²) in [6, 6.07) is 5.57. The van der Waals surface area contributed by atoms with Crippen LogP contribution in [0.4, 0.5) is 0 Å². The Morgan fingerprint density at radius 1 is 0.923 bits per heavy atom. The van der Waals surface area contributed by atoms with E-state index in [0.29, 0.717) is 19.0 Å². The van der Waals surface area contributed by atoms with Gasteiger partial charge in [-0.3, -0.25) is 0 Å². The lowest BCUT2D eigenvalue weighted by Crippen LogP contribution is -2.33. The second kappa shape index (κ2) is 7.03. The quantitative estimate of drug-likeness (QED) is 0.734. The first-order valence-corrected chi connectivity index (χ1v) is 11.6. The lowest BCUT2D eigenvalue weighted by atomic mass is 9.98. The predicted molar refractivity (Wildman–Crippen MR) is 100.0 cm³/mol. The molecule has 1 aliphatic heterocycles. The van der Waals surface area contributed by atoms with Crippen LogP contribution in [-0.4, -0.2) is 46.3 Å². The van der Waals surface area contributed by atoms with Crippen molar-refractivity contribution in [2.24, 2.45) is 17.6 Å². The van der Waals surface area contributed by atoms with Crippen molar-refractivity contribution in [1.82, 2.24) is 9.03 Å². The highest BCUT2D eigenvalue weighted by Gasteiger charge is 2.45. The molecule has 1 aromatic carbocycles. The number of hydrogen-bond donors (Lipinski definition) is 2. The van der Waals surface area contributed by atoms with Gasteiger partial charge in [-0.2, -0.15) is 4.31 Å². The fourth-order valence-electron chi connectivity index (χ4n) is 3.89. The monoisotopic (exact) mass is 421 g/mol. The lowest BCUT2D eigenvalue weighted by molar-refractivity contribution is 0.427. The molecule has 1 heterocycles. The molecule has 7 nitrogen and oxygen atoms in total. The Morgan fingerprint density at radius 3 is 2.12 bits per heavy atom. The molecule has 3 N–H and O–H groups in total. The highest BCUT2D eigenvalue weighted by atomic mass is 35.5. The molecule has 4 rings (SSSR count). The van der Waals surface area contributed by atoms with Crippen LogP contribution >= 0.6 is 12.4 Å². The average Bonchev–Trinajstić information content (AvgIpc) is 3.14. The Hall–Kier alpha value is -0.710. The summed E-state index contributed by atoms with van der Waals surface area (Å²) in [5.74, 6) is 0.573. The Balaban J connectivity index is 0.00000196. The van der Waals surface area contributed by atoms with Gasteiger partial charge in [0.05, 0.1) is 9.79 Å². The topological polar surface area (TPSA) is 110 Å². The van der Waals surface area contributed by atoms with Crippen LogP contribution in [0, 0.1) is 11.8 Å². The normalized spacial score (nSPS) is 29.3. The zero-order valence-corrected chi connectivity index (χ0v) is 16.7. The van der Waals surface area contributed by atoms with Crippen LogP contribution < -0.4 is 10.5 Å². The van der Waals surface area contributed by atoms with Gasteiger partial charge in [0.2, 0.25) is 20.0 Å². The number of halogens is 1. The number of fused-ring (bicyclic) bond motifs is 1. The van der Waals surface area contributed by atoms with Gasteiger partial charge in [-0.25, -0.2) is 21.6 Å². The van der Waals surface area contributed by atoms with Gasteiger partial charge in [-0.15, -0.1) is 12.4 Å². The first kappa shape index (κ1) is 20.0. The summed E-state index contributed by atoms with van der Waals surface area (Å²) in [5.41, 5.74) is 6.08. The van der Waals surface area contributed by atoms with Gasteiger partial charge in [0.25, 0.3) is 0 Å². The molecule has 1 saturated heterocycles. The molecule has 3 unspecified atom stereocenters. The maximum Gasteiger partial charge on any atom is 0.243 e. The molecule has 2 saturated carbocycles. The fraction of sp³-hybridized carbons (Fsp3) is 0.625. The van der Waals surface area contributed by atoms with Crippen LogP contribution in [0.1, 0.15) is 25.7 Å². The summed E-state index contributed by atoms with van der Waals surface area (Å²) >= 11 is 0. The molecule has 0 aromatic heterocycles. The van der Waals surface area contributed by atoms with E-state index < -0.39 is 20.0 Å². The van der Waals surface area contributed by atoms with E-state index in [1.54, 1.807) is 0 Å². The zero-order chi connectivity index (χ0) is 17.8. The summed E-state index contributed by atoms with van der Waals surface area (Å²) in [5, 5.41) is 0. The number of nitrogens with one attached hydrogen (secondary N) is 1. The highest BCUT2D eigenvalue weighted by Crippen LogP contribution is 2.39. The third-order valence-electron chi connectivity index (χ3n) is 5.55. The Kier molecular flexibility index (Phi) is 5.42. The van der Waals surface area contributed by atoms with Gasteiger partial charge in [0, 0.05) is 25.2 Å². The number of benzene rings is 1. The second-order valence-corrected chi connectivity index (χ2v) is 11.0. The Morgan fingerprint density at radius 2 is 1.54 bits per heavy atom. The average molecular weight is 422 g/mol. The van der Waals surface area contributed by atoms with Gasteiger partial charge < -0.3 is 5.73 Å². The zero-order valence-electron chi connectivity index (χ0n) is 14.2. The van der Waals surface area contributed by atoms with Crippen molar-refractivity contribution in [3.63, 3.8) is 0 Å². The van der Waals surface area contributed by atoms with Gasteiger partial charge in [0.15, 0.2) is 0 Å². The Bertz CT molecular complexity index is 869. The van der Waals surface area contributed by atoms with Crippen molar-refractivity contribution in [1.29, 1.82) is 0 Å². The molecule has 3 aliphatic rings. The van der Waals surface area contributed by atoms with E-state index in [1.807, 2.05) is 0 Å². The maximum atomic E-state index is 12.8. The van der Waals surface area contributed by atoms with E-state index >= 15 is 0 Å². The van der Waals surface area contributed by atoms with E-state index in [9.17, 15) is 16.8 Å². The van der Waals surface area contributed by atoms with E-state index in [2.05, 4.69) is 4.72 Å². The van der Waals surface area contributed by atoms with Crippen molar-refractivity contribution < 1.29 is 16.8 Å². The molecule has 146 valence electrons. The van der Waals surface area contributed by atoms with E-state index in [0.717, 1.165) is 25.7 Å². The van der Waals surface area contributed by atoms with Gasteiger partial charge in [-0.05, 0) is 61.8 Å². The molecule has 0 amide bonds.